The van der Waals surface area contributed by atoms with E-state index in [1.807, 2.05) is 0 Å². The van der Waals surface area contributed by atoms with E-state index in [0.29, 0.717) is 6.54 Å². The van der Waals surface area contributed by atoms with Crippen LogP contribution >= 0.6 is 0 Å². The van der Waals surface area contributed by atoms with Gasteiger partial charge < -0.3 is 10.6 Å². The molecule has 2 aromatic rings. The van der Waals surface area contributed by atoms with Gasteiger partial charge in [0.2, 0.25) is 0 Å². The maximum Gasteiger partial charge on any atom is 0.0411 e. The van der Waals surface area contributed by atoms with Crippen LogP contribution in [0.5, 0.6) is 0 Å². The van der Waals surface area contributed by atoms with Gasteiger partial charge in [-0.1, -0.05) is 18.2 Å². The van der Waals surface area contributed by atoms with Gasteiger partial charge in [-0.05, 0) is 60.2 Å². The maximum absolute atomic E-state index is 5.63. The van der Waals surface area contributed by atoms with Crippen molar-refractivity contribution in [2.75, 3.05) is 11.9 Å². The van der Waals surface area contributed by atoms with Crippen LogP contribution in [0.1, 0.15) is 23.1 Å². The molecule has 0 bridgehead atoms. The second-order valence-corrected chi connectivity index (χ2v) is 5.24. The Balaban J connectivity index is 1.88. The average Bonchev–Trinajstić information content (AvgIpc) is 2.94. The van der Waals surface area contributed by atoms with Crippen LogP contribution in [-0.2, 0) is 19.4 Å². The summed E-state index contributed by atoms with van der Waals surface area (Å²) in [6.07, 6.45) is 3.77. The molecular formula is C17H20N2. The molecule has 0 amide bonds. The standard InChI is InChI=1S/C17H20N2/c1-19(16-8-5-13(12-18)6-9-16)17-10-7-14-3-2-4-15(14)11-17/h5-11H,2-4,12,18H2,1H3. The van der Waals surface area contributed by atoms with E-state index >= 15 is 0 Å². The molecule has 0 aliphatic heterocycles. The Labute approximate surface area is 114 Å². The third-order valence-corrected chi connectivity index (χ3v) is 4.03. The molecule has 0 aromatic heterocycles. The normalized spacial score (nSPS) is 13.4. The zero-order chi connectivity index (χ0) is 13.2. The minimum absolute atomic E-state index is 0.600. The summed E-state index contributed by atoms with van der Waals surface area (Å²) >= 11 is 0. The van der Waals surface area contributed by atoms with Gasteiger partial charge in [0, 0.05) is 25.0 Å². The van der Waals surface area contributed by atoms with E-state index in [2.05, 4.69) is 54.4 Å². The molecule has 0 saturated carbocycles. The second kappa shape index (κ2) is 5.06. The van der Waals surface area contributed by atoms with Crippen molar-refractivity contribution in [2.24, 2.45) is 5.73 Å². The van der Waals surface area contributed by atoms with Gasteiger partial charge in [0.05, 0.1) is 0 Å². The number of nitrogens with two attached hydrogens (primary N) is 1. The van der Waals surface area contributed by atoms with Gasteiger partial charge in [0.15, 0.2) is 0 Å². The zero-order valence-electron chi connectivity index (χ0n) is 11.4. The molecule has 1 aliphatic carbocycles. The summed E-state index contributed by atoms with van der Waals surface area (Å²) in [7, 11) is 2.12. The monoisotopic (exact) mass is 252 g/mol. The minimum atomic E-state index is 0.600. The molecule has 0 radical (unpaired) electrons. The Hall–Kier alpha value is -1.80. The van der Waals surface area contributed by atoms with Crippen molar-refractivity contribution in [2.45, 2.75) is 25.8 Å². The SMILES string of the molecule is CN(c1ccc(CN)cc1)c1ccc2c(c1)CCC2. The van der Waals surface area contributed by atoms with Crippen molar-refractivity contribution in [3.8, 4) is 0 Å². The van der Waals surface area contributed by atoms with Crippen LogP contribution in [0.2, 0.25) is 0 Å². The quantitative estimate of drug-likeness (QED) is 0.907. The first-order valence-corrected chi connectivity index (χ1v) is 6.92. The van der Waals surface area contributed by atoms with E-state index in [9.17, 15) is 0 Å². The van der Waals surface area contributed by atoms with Gasteiger partial charge in [0.25, 0.3) is 0 Å². The number of benzene rings is 2. The number of hydrogen-bond donors (Lipinski definition) is 1. The molecule has 0 fully saturated rings. The number of hydrogen-bond acceptors (Lipinski definition) is 2. The van der Waals surface area contributed by atoms with Crippen LogP contribution < -0.4 is 10.6 Å². The van der Waals surface area contributed by atoms with E-state index in [1.165, 1.54) is 47.3 Å². The van der Waals surface area contributed by atoms with Gasteiger partial charge >= 0.3 is 0 Å². The Bertz CT molecular complexity index is 572. The predicted octanol–water partition coefficient (Wildman–Crippen LogP) is 3.40. The molecular weight excluding hydrogens is 232 g/mol. The Kier molecular flexibility index (Phi) is 3.26. The molecule has 2 N–H and O–H groups in total. The molecule has 19 heavy (non-hydrogen) atoms. The topological polar surface area (TPSA) is 29.3 Å². The molecule has 1 aliphatic rings. The average molecular weight is 252 g/mol. The number of nitrogens with zero attached hydrogens (tertiary/aromatic N) is 1. The van der Waals surface area contributed by atoms with E-state index in [-0.39, 0.29) is 0 Å². The van der Waals surface area contributed by atoms with Gasteiger partial charge in [-0.25, -0.2) is 0 Å². The van der Waals surface area contributed by atoms with Crippen LogP contribution in [0.25, 0.3) is 0 Å². The highest BCUT2D eigenvalue weighted by molar-refractivity contribution is 5.64. The van der Waals surface area contributed by atoms with Gasteiger partial charge in [-0.15, -0.1) is 0 Å². The predicted molar refractivity (Wildman–Crippen MR) is 80.9 cm³/mol. The minimum Gasteiger partial charge on any atom is -0.345 e. The number of anilines is 2. The first kappa shape index (κ1) is 12.2. The second-order valence-electron chi connectivity index (χ2n) is 5.24. The summed E-state index contributed by atoms with van der Waals surface area (Å²) in [6, 6.07) is 15.3. The first-order valence-electron chi connectivity index (χ1n) is 6.92. The Morgan fingerprint density at radius 1 is 0.947 bits per heavy atom. The number of rotatable bonds is 3. The van der Waals surface area contributed by atoms with Crippen LogP contribution in [-0.4, -0.2) is 7.05 Å². The Morgan fingerprint density at radius 3 is 2.37 bits per heavy atom. The van der Waals surface area contributed by atoms with Crippen LogP contribution in [0.15, 0.2) is 42.5 Å². The Morgan fingerprint density at radius 2 is 1.63 bits per heavy atom. The number of aryl methyl sites for hydroxylation is 2. The molecule has 3 rings (SSSR count). The lowest BCUT2D eigenvalue weighted by Crippen LogP contribution is -2.10. The summed E-state index contributed by atoms with van der Waals surface area (Å²) in [5, 5.41) is 0. The van der Waals surface area contributed by atoms with Crippen molar-refractivity contribution < 1.29 is 0 Å². The molecule has 0 spiro atoms. The van der Waals surface area contributed by atoms with Crippen LogP contribution in [0.4, 0.5) is 11.4 Å². The van der Waals surface area contributed by atoms with Crippen LogP contribution in [0.3, 0.4) is 0 Å². The van der Waals surface area contributed by atoms with Gasteiger partial charge in [-0.2, -0.15) is 0 Å². The smallest absolute Gasteiger partial charge is 0.0411 e. The van der Waals surface area contributed by atoms with Crippen molar-refractivity contribution in [3.63, 3.8) is 0 Å². The molecule has 2 nitrogen and oxygen atoms in total. The molecule has 2 heteroatoms. The lowest BCUT2D eigenvalue weighted by Gasteiger charge is -2.20. The largest absolute Gasteiger partial charge is 0.345 e. The van der Waals surface area contributed by atoms with E-state index in [4.69, 9.17) is 5.73 Å². The van der Waals surface area contributed by atoms with Gasteiger partial charge in [0.1, 0.15) is 0 Å². The van der Waals surface area contributed by atoms with Crippen molar-refractivity contribution in [1.29, 1.82) is 0 Å². The molecule has 0 unspecified atom stereocenters. The fourth-order valence-electron chi connectivity index (χ4n) is 2.77. The summed E-state index contributed by atoms with van der Waals surface area (Å²) in [4.78, 5) is 2.24. The highest BCUT2D eigenvalue weighted by Gasteiger charge is 2.12. The van der Waals surface area contributed by atoms with Crippen LogP contribution in [0, 0.1) is 0 Å². The van der Waals surface area contributed by atoms with Crippen molar-refractivity contribution in [3.05, 3.63) is 59.2 Å². The number of fused-ring (bicyclic) bond motifs is 1. The molecule has 0 saturated heterocycles. The first-order chi connectivity index (χ1) is 9.28. The molecule has 2 aromatic carbocycles. The summed E-state index contributed by atoms with van der Waals surface area (Å²) < 4.78 is 0. The zero-order valence-corrected chi connectivity index (χ0v) is 11.4. The van der Waals surface area contributed by atoms with Crippen molar-refractivity contribution >= 4 is 11.4 Å². The van der Waals surface area contributed by atoms with E-state index < -0.39 is 0 Å². The molecule has 0 heterocycles. The highest BCUT2D eigenvalue weighted by atomic mass is 15.1. The lowest BCUT2D eigenvalue weighted by molar-refractivity contribution is 0.911. The molecule has 98 valence electrons. The third-order valence-electron chi connectivity index (χ3n) is 4.03. The maximum atomic E-state index is 5.63. The van der Waals surface area contributed by atoms with E-state index in [1.54, 1.807) is 0 Å². The summed E-state index contributed by atoms with van der Waals surface area (Å²) in [5.74, 6) is 0. The molecule has 0 atom stereocenters. The summed E-state index contributed by atoms with van der Waals surface area (Å²) in [6.45, 7) is 0.600. The summed E-state index contributed by atoms with van der Waals surface area (Å²) in [5.41, 5.74) is 12.3. The van der Waals surface area contributed by atoms with E-state index in [0.717, 1.165) is 0 Å². The van der Waals surface area contributed by atoms with Gasteiger partial charge in [-0.3, -0.25) is 0 Å². The third kappa shape index (κ3) is 2.36. The fourth-order valence-corrected chi connectivity index (χ4v) is 2.77. The fraction of sp³-hybridized carbons (Fsp3) is 0.294. The van der Waals surface area contributed by atoms with Crippen molar-refractivity contribution in [1.82, 2.24) is 0 Å². The highest BCUT2D eigenvalue weighted by Crippen LogP contribution is 2.29. The lowest BCUT2D eigenvalue weighted by atomic mass is 10.1.